The lowest BCUT2D eigenvalue weighted by atomic mass is 10.0. The van der Waals surface area contributed by atoms with Crippen molar-refractivity contribution in [3.05, 3.63) is 23.3 Å². The van der Waals surface area contributed by atoms with E-state index in [1.54, 1.807) is 0 Å². The fourth-order valence-electron chi connectivity index (χ4n) is 3.81. The van der Waals surface area contributed by atoms with Crippen LogP contribution in [0.4, 0.5) is 14.7 Å². The molecule has 4 rings (SSSR count). The van der Waals surface area contributed by atoms with Crippen LogP contribution in [0.5, 0.6) is 0 Å². The molecule has 2 aromatic heterocycles. The van der Waals surface area contributed by atoms with Crippen LogP contribution in [0, 0.1) is 17.1 Å². The molecule has 4 atom stereocenters. The van der Waals surface area contributed by atoms with Crippen molar-refractivity contribution >= 4 is 11.5 Å². The molecule has 2 fully saturated rings. The largest absolute Gasteiger partial charge is 0.389 e. The molecule has 1 aliphatic carbocycles. The van der Waals surface area contributed by atoms with Crippen LogP contribution < -0.4 is 5.32 Å². The Hall–Kier alpha value is -2.31. The molecule has 2 aliphatic rings. The third-order valence-electron chi connectivity index (χ3n) is 5.17. The average molecular weight is 363 g/mol. The van der Waals surface area contributed by atoms with Crippen molar-refractivity contribution < 1.29 is 18.6 Å². The number of alkyl halides is 1. The van der Waals surface area contributed by atoms with E-state index in [2.05, 4.69) is 15.4 Å². The highest BCUT2D eigenvalue weighted by Gasteiger charge is 2.33. The van der Waals surface area contributed by atoms with E-state index in [1.165, 1.54) is 10.7 Å². The first-order chi connectivity index (χ1) is 12.6. The zero-order valence-corrected chi connectivity index (χ0v) is 14.0. The molecule has 1 saturated carbocycles. The van der Waals surface area contributed by atoms with Crippen LogP contribution in [0.25, 0.3) is 5.52 Å². The van der Waals surface area contributed by atoms with Crippen molar-refractivity contribution in [2.24, 2.45) is 0 Å². The number of anilines is 1. The van der Waals surface area contributed by atoms with E-state index in [0.29, 0.717) is 31.6 Å². The number of aromatic nitrogens is 3. The smallest absolute Gasteiger partial charge is 0.241 e. The van der Waals surface area contributed by atoms with Gasteiger partial charge in [-0.05, 0) is 25.7 Å². The number of aliphatic hydroxyl groups excluding tert-OH is 1. The Balaban J connectivity index is 1.73. The number of aliphatic hydroxyl groups is 1. The molecule has 0 bridgehead atoms. The molecule has 1 aliphatic heterocycles. The zero-order valence-electron chi connectivity index (χ0n) is 14.0. The first kappa shape index (κ1) is 17.1. The minimum absolute atomic E-state index is 0.0944. The highest BCUT2D eigenvalue weighted by molar-refractivity contribution is 5.58. The lowest BCUT2D eigenvalue weighted by molar-refractivity contribution is -0.0136. The summed E-state index contributed by atoms with van der Waals surface area (Å²) in [5.41, 5.74) is 0.400. The van der Waals surface area contributed by atoms with Crippen LogP contribution in [0.3, 0.4) is 0 Å². The summed E-state index contributed by atoms with van der Waals surface area (Å²) in [4.78, 5) is 4.11. The predicted octanol–water partition coefficient (Wildman–Crippen LogP) is 1.91. The molecule has 138 valence electrons. The minimum atomic E-state index is -0.947. The number of nitrogens with zero attached hydrogens (tertiary/aromatic N) is 4. The number of hydrogen-bond donors (Lipinski definition) is 2. The molecule has 0 radical (unpaired) electrons. The second-order valence-electron chi connectivity index (χ2n) is 6.85. The first-order valence-electron chi connectivity index (χ1n) is 8.72. The van der Waals surface area contributed by atoms with Crippen LogP contribution >= 0.6 is 0 Å². The van der Waals surface area contributed by atoms with Crippen LogP contribution in [-0.4, -0.2) is 51.2 Å². The molecular formula is C17H19F2N5O2. The topological polar surface area (TPSA) is 95.5 Å². The molecule has 0 spiro atoms. The summed E-state index contributed by atoms with van der Waals surface area (Å²) in [7, 11) is 0. The number of ether oxygens (including phenoxy) is 1. The predicted molar refractivity (Wildman–Crippen MR) is 88.0 cm³/mol. The molecule has 9 heteroatoms. The molecule has 0 aromatic carbocycles. The highest BCUT2D eigenvalue weighted by atomic mass is 19.1. The molecule has 7 nitrogen and oxygen atoms in total. The summed E-state index contributed by atoms with van der Waals surface area (Å²) in [6.45, 7) is 0.737. The second kappa shape index (κ2) is 6.78. The quantitative estimate of drug-likeness (QED) is 0.865. The molecule has 2 unspecified atom stereocenters. The molecule has 1 saturated heterocycles. The lowest BCUT2D eigenvalue weighted by Gasteiger charge is -2.28. The van der Waals surface area contributed by atoms with Gasteiger partial charge in [0, 0.05) is 12.5 Å². The van der Waals surface area contributed by atoms with Gasteiger partial charge in [0.25, 0.3) is 0 Å². The third-order valence-corrected chi connectivity index (χ3v) is 5.17. The molecule has 26 heavy (non-hydrogen) atoms. The molecule has 3 heterocycles. The Morgan fingerprint density at radius 3 is 2.92 bits per heavy atom. The van der Waals surface area contributed by atoms with E-state index in [4.69, 9.17) is 4.74 Å². The number of nitrogens with one attached hydrogen (secondary N) is 1. The summed E-state index contributed by atoms with van der Waals surface area (Å²) in [6.07, 6.45) is 1.46. The first-order valence-corrected chi connectivity index (χ1v) is 8.72. The van der Waals surface area contributed by atoms with Gasteiger partial charge in [-0.1, -0.05) is 0 Å². The van der Waals surface area contributed by atoms with E-state index in [9.17, 15) is 19.1 Å². The van der Waals surface area contributed by atoms with Crippen molar-refractivity contribution in [1.82, 2.24) is 14.6 Å². The van der Waals surface area contributed by atoms with E-state index >= 15 is 0 Å². The summed E-state index contributed by atoms with van der Waals surface area (Å²) < 4.78 is 34.8. The maximum Gasteiger partial charge on any atom is 0.241 e. The zero-order chi connectivity index (χ0) is 18.3. The Kier molecular flexibility index (Phi) is 4.46. The summed E-state index contributed by atoms with van der Waals surface area (Å²) >= 11 is 0. The SMILES string of the molecule is N#Cc1c(F)c2cnc(N[C@@H]3CCOC[C@H]3O)nn2c1C1CCC(F)C1. The maximum atomic E-state index is 14.6. The van der Waals surface area contributed by atoms with Gasteiger partial charge in [-0.15, -0.1) is 5.10 Å². The Labute approximate surface area is 148 Å². The van der Waals surface area contributed by atoms with Crippen molar-refractivity contribution in [2.45, 2.75) is 49.9 Å². The van der Waals surface area contributed by atoms with Gasteiger partial charge in [-0.2, -0.15) is 5.26 Å². The van der Waals surface area contributed by atoms with Crippen LogP contribution in [-0.2, 0) is 4.74 Å². The summed E-state index contributed by atoms with van der Waals surface area (Å²) in [5, 5.41) is 26.8. The monoisotopic (exact) mass is 363 g/mol. The minimum Gasteiger partial charge on any atom is -0.389 e. The standard InChI is InChI=1S/C17H19F2N5O2/c18-10-2-1-9(5-10)16-11(6-20)15(19)13-7-21-17(23-24(13)16)22-12-3-4-26-8-14(12)25/h7,9-10,12,14,25H,1-5,8H2,(H,22,23)/t9?,10?,12-,14-/m1/s1. The number of fused-ring (bicyclic) bond motifs is 1. The van der Waals surface area contributed by atoms with Gasteiger partial charge in [-0.3, -0.25) is 0 Å². The van der Waals surface area contributed by atoms with Gasteiger partial charge in [-0.25, -0.2) is 18.3 Å². The second-order valence-corrected chi connectivity index (χ2v) is 6.85. The van der Waals surface area contributed by atoms with Gasteiger partial charge in [0.15, 0.2) is 5.82 Å². The normalized spacial score (nSPS) is 29.0. The third kappa shape index (κ3) is 2.89. The Bertz CT molecular complexity index is 865. The summed E-state index contributed by atoms with van der Waals surface area (Å²) in [5.74, 6) is -0.713. The van der Waals surface area contributed by atoms with Gasteiger partial charge < -0.3 is 15.2 Å². The molecule has 0 amide bonds. The molecule has 2 N–H and O–H groups in total. The van der Waals surface area contributed by atoms with E-state index < -0.39 is 18.1 Å². The van der Waals surface area contributed by atoms with Gasteiger partial charge in [0.05, 0.1) is 30.6 Å². The van der Waals surface area contributed by atoms with Gasteiger partial charge in [0.1, 0.15) is 23.3 Å². The van der Waals surface area contributed by atoms with Crippen LogP contribution in [0.1, 0.15) is 42.9 Å². The fraction of sp³-hybridized carbons (Fsp3) is 0.588. The Morgan fingerprint density at radius 2 is 2.23 bits per heavy atom. The summed E-state index contributed by atoms with van der Waals surface area (Å²) in [6, 6.07) is 1.61. The number of halogens is 2. The number of nitriles is 1. The van der Waals surface area contributed by atoms with Crippen molar-refractivity contribution in [3.8, 4) is 6.07 Å². The van der Waals surface area contributed by atoms with Crippen LogP contribution in [0.2, 0.25) is 0 Å². The van der Waals surface area contributed by atoms with Crippen molar-refractivity contribution in [3.63, 3.8) is 0 Å². The van der Waals surface area contributed by atoms with E-state index in [-0.39, 0.29) is 42.0 Å². The molecule has 2 aromatic rings. The number of rotatable bonds is 3. The van der Waals surface area contributed by atoms with E-state index in [1.807, 2.05) is 6.07 Å². The highest BCUT2D eigenvalue weighted by Crippen LogP contribution is 2.39. The Morgan fingerprint density at radius 1 is 1.38 bits per heavy atom. The van der Waals surface area contributed by atoms with Gasteiger partial charge >= 0.3 is 0 Å². The maximum absolute atomic E-state index is 14.6. The number of hydrogen-bond acceptors (Lipinski definition) is 6. The van der Waals surface area contributed by atoms with Crippen molar-refractivity contribution in [2.75, 3.05) is 18.5 Å². The van der Waals surface area contributed by atoms with E-state index in [0.717, 1.165) is 0 Å². The van der Waals surface area contributed by atoms with Crippen LogP contribution in [0.15, 0.2) is 6.20 Å². The fourth-order valence-corrected chi connectivity index (χ4v) is 3.81. The lowest BCUT2D eigenvalue weighted by Crippen LogP contribution is -2.42. The van der Waals surface area contributed by atoms with Gasteiger partial charge in [0.2, 0.25) is 5.95 Å². The van der Waals surface area contributed by atoms with Crippen molar-refractivity contribution in [1.29, 1.82) is 5.26 Å². The molecular weight excluding hydrogens is 344 g/mol. The average Bonchev–Trinajstić information content (AvgIpc) is 3.17.